The molecule has 1 heterocycles. The van der Waals surface area contributed by atoms with E-state index >= 15 is 8.78 Å². The number of rotatable bonds is 7. The van der Waals surface area contributed by atoms with E-state index in [2.05, 4.69) is 0 Å². The van der Waals surface area contributed by atoms with Crippen LogP contribution in [0.4, 0.5) is 14.5 Å². The quantitative estimate of drug-likeness (QED) is 0.278. The molecule has 1 fully saturated rings. The number of carbonyl (C=O) groups is 1. The van der Waals surface area contributed by atoms with E-state index in [0.717, 1.165) is 0 Å². The summed E-state index contributed by atoms with van der Waals surface area (Å²) in [4.78, 5) is 13.9. The highest BCUT2D eigenvalue weighted by Gasteiger charge is 2.44. The summed E-state index contributed by atoms with van der Waals surface area (Å²) in [6, 6.07) is 19.9. The van der Waals surface area contributed by atoms with E-state index in [4.69, 9.17) is 9.16 Å². The van der Waals surface area contributed by atoms with Gasteiger partial charge in [-0.3, -0.25) is 0 Å². The molecule has 0 bridgehead atoms. The number of hydrogen-bond acceptors (Lipinski definition) is 4. The summed E-state index contributed by atoms with van der Waals surface area (Å²) in [6.07, 6.45) is -0.484. The number of anilines is 1. The topological polar surface area (TPSA) is 59.0 Å². The van der Waals surface area contributed by atoms with Crippen molar-refractivity contribution < 1.29 is 27.8 Å². The largest absolute Gasteiger partial charge is 0.478 e. The van der Waals surface area contributed by atoms with Crippen molar-refractivity contribution in [3.63, 3.8) is 0 Å². The van der Waals surface area contributed by atoms with Gasteiger partial charge in [-0.25, -0.2) is 13.6 Å². The lowest BCUT2D eigenvalue weighted by atomic mass is 9.78. The summed E-state index contributed by atoms with van der Waals surface area (Å²) < 4.78 is 44.3. The minimum Gasteiger partial charge on any atom is -0.478 e. The summed E-state index contributed by atoms with van der Waals surface area (Å²) in [5.74, 6) is -4.15. The van der Waals surface area contributed by atoms with Gasteiger partial charge in [0.05, 0.1) is 23.5 Å². The van der Waals surface area contributed by atoms with Crippen LogP contribution in [-0.2, 0) is 14.8 Å². The van der Waals surface area contributed by atoms with Gasteiger partial charge in [0.15, 0.2) is 11.6 Å². The smallest absolute Gasteiger partial charge is 0.338 e. The summed E-state index contributed by atoms with van der Waals surface area (Å²) in [7, 11) is -0.0563. The molecule has 2 unspecified atom stereocenters. The first-order valence-corrected chi connectivity index (χ1v) is 13.6. The predicted octanol–water partition coefficient (Wildman–Crippen LogP) is 6.42. The fourth-order valence-electron chi connectivity index (χ4n) is 4.94. The fraction of sp³-hybridized carbons (Fsp3) is 0.367. The molecule has 2 radical (unpaired) electrons. The molecule has 1 N–H and O–H groups in total. The Bertz CT molecular complexity index is 1230. The second-order valence-corrected chi connectivity index (χ2v) is 12.7. The fourth-order valence-corrected chi connectivity index (χ4v) is 5.74. The van der Waals surface area contributed by atoms with Crippen LogP contribution < -0.4 is 4.90 Å². The zero-order valence-corrected chi connectivity index (χ0v) is 23.3. The Morgan fingerprint density at radius 2 is 1.45 bits per heavy atom. The Morgan fingerprint density at radius 3 is 1.89 bits per heavy atom. The van der Waals surface area contributed by atoms with Gasteiger partial charge in [0.1, 0.15) is 5.60 Å². The van der Waals surface area contributed by atoms with E-state index in [1.54, 1.807) is 4.90 Å². The maximum Gasteiger partial charge on any atom is 0.338 e. The first-order chi connectivity index (χ1) is 17.9. The maximum absolute atomic E-state index is 16.2. The lowest BCUT2D eigenvalue weighted by Crippen LogP contribution is -2.47. The van der Waals surface area contributed by atoms with Crippen LogP contribution in [0.2, 0.25) is 5.04 Å². The van der Waals surface area contributed by atoms with E-state index in [0.29, 0.717) is 24.2 Å². The van der Waals surface area contributed by atoms with Gasteiger partial charge in [0, 0.05) is 18.7 Å². The van der Waals surface area contributed by atoms with E-state index in [-0.39, 0.29) is 38.3 Å². The van der Waals surface area contributed by atoms with Crippen LogP contribution in [0.25, 0.3) is 0 Å². The van der Waals surface area contributed by atoms with Crippen LogP contribution in [0, 0.1) is 11.6 Å². The van der Waals surface area contributed by atoms with Gasteiger partial charge < -0.3 is 19.2 Å². The number of nitrogens with zero attached hydrogens (tertiary/aromatic N) is 1. The van der Waals surface area contributed by atoms with Crippen molar-refractivity contribution in [1.29, 1.82) is 0 Å². The van der Waals surface area contributed by atoms with Crippen molar-refractivity contribution in [3.8, 4) is 0 Å². The normalized spacial score (nSPS) is 18.4. The molecular formula is C30H33F2NO4Si. The average molecular weight is 538 g/mol. The Labute approximate surface area is 225 Å². The lowest BCUT2D eigenvalue weighted by Gasteiger charge is -2.43. The van der Waals surface area contributed by atoms with E-state index in [9.17, 15) is 9.90 Å². The van der Waals surface area contributed by atoms with Crippen LogP contribution >= 0.6 is 0 Å². The zero-order valence-electron chi connectivity index (χ0n) is 22.3. The van der Waals surface area contributed by atoms with Crippen LogP contribution in [0.1, 0.15) is 61.7 Å². The summed E-state index contributed by atoms with van der Waals surface area (Å²) >= 11 is 0. The molecule has 0 aromatic heterocycles. The van der Waals surface area contributed by atoms with E-state index < -0.39 is 28.8 Å². The van der Waals surface area contributed by atoms with Gasteiger partial charge in [-0.2, -0.15) is 0 Å². The van der Waals surface area contributed by atoms with Crippen LogP contribution in [0.3, 0.4) is 0 Å². The molecule has 1 aliphatic heterocycles. The number of halogens is 2. The predicted molar refractivity (Wildman–Crippen MR) is 145 cm³/mol. The molecule has 2 atom stereocenters. The van der Waals surface area contributed by atoms with Gasteiger partial charge in [0.2, 0.25) is 9.76 Å². The Morgan fingerprint density at radius 1 is 0.947 bits per heavy atom. The van der Waals surface area contributed by atoms with Gasteiger partial charge in [-0.15, -0.1) is 0 Å². The molecule has 38 heavy (non-hydrogen) atoms. The van der Waals surface area contributed by atoms with Crippen molar-refractivity contribution in [3.05, 3.63) is 101 Å². The molecule has 0 spiro atoms. The number of ether oxygens (including phenoxy) is 1. The first kappa shape index (κ1) is 27.9. The Balaban J connectivity index is 2.14. The second-order valence-electron chi connectivity index (χ2n) is 10.8. The SMILES string of the molecule is CC1CN(c2c(C(O[Si]C(C)(C)C)(c3ccccc3)c3ccccc3)cc(C(=O)O)c(F)c2F)CC(C)O1. The summed E-state index contributed by atoms with van der Waals surface area (Å²) in [5.41, 5.74) is -0.575. The third kappa shape index (κ3) is 5.53. The van der Waals surface area contributed by atoms with Gasteiger partial charge in [0.25, 0.3) is 0 Å². The number of morpholine rings is 1. The van der Waals surface area contributed by atoms with Gasteiger partial charge in [-0.05, 0) is 36.1 Å². The third-order valence-electron chi connectivity index (χ3n) is 6.40. The highest BCUT2D eigenvalue weighted by Crippen LogP contribution is 2.47. The molecule has 0 aliphatic carbocycles. The molecule has 3 aromatic carbocycles. The molecule has 0 saturated carbocycles. The number of benzene rings is 3. The van der Waals surface area contributed by atoms with Crippen LogP contribution in [-0.4, -0.2) is 46.1 Å². The second kappa shape index (κ2) is 11.0. The van der Waals surface area contributed by atoms with Crippen molar-refractivity contribution >= 4 is 21.4 Å². The average Bonchev–Trinajstić information content (AvgIpc) is 2.86. The van der Waals surface area contributed by atoms with Crippen LogP contribution in [0.5, 0.6) is 0 Å². The lowest BCUT2D eigenvalue weighted by molar-refractivity contribution is -0.00568. The third-order valence-corrected chi connectivity index (χ3v) is 7.42. The summed E-state index contributed by atoms with van der Waals surface area (Å²) in [5, 5.41) is 9.63. The van der Waals surface area contributed by atoms with E-state index in [1.807, 2.05) is 95.3 Å². The Kier molecular flexibility index (Phi) is 8.06. The molecule has 4 rings (SSSR count). The highest BCUT2D eigenvalue weighted by molar-refractivity contribution is 6.32. The van der Waals surface area contributed by atoms with Crippen LogP contribution in [0.15, 0.2) is 66.7 Å². The highest BCUT2D eigenvalue weighted by atomic mass is 28.2. The number of carboxylic acid groups (broad SMARTS) is 1. The molecule has 3 aromatic rings. The molecule has 5 nitrogen and oxygen atoms in total. The molecule has 1 saturated heterocycles. The van der Waals surface area contributed by atoms with Crippen molar-refractivity contribution in [1.82, 2.24) is 0 Å². The molecule has 8 heteroatoms. The minimum atomic E-state index is -1.55. The van der Waals surface area contributed by atoms with Crippen molar-refractivity contribution in [2.75, 3.05) is 18.0 Å². The number of hydrogen-bond donors (Lipinski definition) is 1. The molecular weight excluding hydrogens is 504 g/mol. The van der Waals surface area contributed by atoms with Crippen molar-refractivity contribution in [2.24, 2.45) is 0 Å². The first-order valence-electron chi connectivity index (χ1n) is 12.7. The minimum absolute atomic E-state index is 0.0130. The maximum atomic E-state index is 16.2. The number of carboxylic acids is 1. The molecule has 1 aliphatic rings. The standard InChI is InChI=1S/C30H33F2NO4Si/c1-19-17-33(18-20(2)36-19)27-24(16-23(28(34)35)25(31)26(27)32)30(37-38-29(3,4)5,21-12-8-6-9-13-21)22-14-10-7-11-15-22/h6-16,19-20H,17-18H2,1-5H3,(H,34,35). The van der Waals surface area contributed by atoms with Gasteiger partial charge in [-0.1, -0.05) is 81.4 Å². The molecule has 200 valence electrons. The summed E-state index contributed by atoms with van der Waals surface area (Å²) in [6.45, 7) is 10.5. The van der Waals surface area contributed by atoms with E-state index in [1.165, 1.54) is 6.07 Å². The van der Waals surface area contributed by atoms with Gasteiger partial charge >= 0.3 is 5.97 Å². The molecule has 0 amide bonds. The monoisotopic (exact) mass is 537 g/mol. The zero-order chi connectivity index (χ0) is 27.7. The van der Waals surface area contributed by atoms with Crippen molar-refractivity contribution in [2.45, 2.75) is 57.5 Å². The number of aromatic carboxylic acids is 1. The Hall–Kier alpha value is -3.07.